The number of carbonyl (C=O) groups is 2. The molecule has 0 aromatic heterocycles. The van der Waals surface area contributed by atoms with Crippen LogP contribution in [0.5, 0.6) is 0 Å². The molecule has 1 unspecified atom stereocenters. The minimum Gasteiger partial charge on any atom is -0.449 e. The van der Waals surface area contributed by atoms with E-state index in [0.717, 1.165) is 4.90 Å². The van der Waals surface area contributed by atoms with Gasteiger partial charge in [0.2, 0.25) is 5.91 Å². The Morgan fingerprint density at radius 3 is 2.41 bits per heavy atom. The molecule has 1 aliphatic heterocycles. The van der Waals surface area contributed by atoms with Gasteiger partial charge in [0.15, 0.2) is 0 Å². The minimum atomic E-state index is -4.25. The summed E-state index contributed by atoms with van der Waals surface area (Å²) in [4.78, 5) is 24.7. The summed E-state index contributed by atoms with van der Waals surface area (Å²) in [5, 5.41) is 0.319. The molecule has 3 atom stereocenters. The van der Waals surface area contributed by atoms with Crippen molar-refractivity contribution < 1.29 is 22.7 Å². The zero-order valence-corrected chi connectivity index (χ0v) is 17.8. The highest BCUT2D eigenvalue weighted by atomic mass is 32.2. The third-order valence-electron chi connectivity index (χ3n) is 4.89. The van der Waals surface area contributed by atoms with E-state index in [1.165, 1.54) is 18.7 Å². The van der Waals surface area contributed by atoms with E-state index in [1.54, 1.807) is 43.3 Å². The maximum absolute atomic E-state index is 13.2. The molecule has 0 fully saturated rings. The molecule has 0 radical (unpaired) electrons. The molecule has 2 aromatic rings. The quantitative estimate of drug-likeness (QED) is 0.723. The van der Waals surface area contributed by atoms with Crippen LogP contribution in [0.3, 0.4) is 0 Å². The van der Waals surface area contributed by atoms with Crippen molar-refractivity contribution in [3.63, 3.8) is 0 Å². The van der Waals surface area contributed by atoms with Crippen molar-refractivity contribution in [2.24, 2.45) is 5.92 Å². The number of carbonyl (C=O) groups excluding carboxylic acids is 2. The van der Waals surface area contributed by atoms with E-state index in [-0.39, 0.29) is 17.8 Å². The van der Waals surface area contributed by atoms with Gasteiger partial charge in [-0.3, -0.25) is 4.79 Å². The largest absolute Gasteiger partial charge is 0.449 e. The van der Waals surface area contributed by atoms with Crippen LogP contribution in [0.1, 0.15) is 30.2 Å². The molecule has 3 rings (SSSR count). The van der Waals surface area contributed by atoms with E-state index in [2.05, 4.69) is 5.32 Å². The van der Waals surface area contributed by atoms with Crippen molar-refractivity contribution in [2.75, 3.05) is 6.54 Å². The summed E-state index contributed by atoms with van der Waals surface area (Å²) >= 11 is 1.52. The molecule has 1 aliphatic rings. The molecule has 0 spiro atoms. The molecular weight excluding hydrogens is 410 g/mol. The number of thioether (sulfide) groups is 1. The lowest BCUT2D eigenvalue weighted by Crippen LogP contribution is -2.40. The Kier molecular flexibility index (Phi) is 6.64. The molecule has 154 valence electrons. The zero-order chi connectivity index (χ0) is 21.0. The lowest BCUT2D eigenvalue weighted by Gasteiger charge is -2.36. The first-order valence-electron chi connectivity index (χ1n) is 9.25. The van der Waals surface area contributed by atoms with Crippen LogP contribution >= 0.6 is 11.8 Å². The van der Waals surface area contributed by atoms with Gasteiger partial charge in [-0.2, -0.15) is 0 Å². The van der Waals surface area contributed by atoms with Crippen LogP contribution in [-0.4, -0.2) is 31.4 Å². The second-order valence-corrected chi connectivity index (χ2v) is 10.2. The molecule has 8 heteroatoms. The SMILES string of the molecule is CC(=O)NC[C@@H]1Sc2ccccc2C(S(=O)(=O)C(=O)OCc2ccccc2)[C@@H]1C. The molecule has 29 heavy (non-hydrogen) atoms. The van der Waals surface area contributed by atoms with Crippen LogP contribution < -0.4 is 5.32 Å². The number of fused-ring (bicyclic) bond motifs is 1. The van der Waals surface area contributed by atoms with E-state index in [4.69, 9.17) is 4.74 Å². The monoisotopic (exact) mass is 433 g/mol. The minimum absolute atomic E-state index is 0.105. The van der Waals surface area contributed by atoms with Gasteiger partial charge in [0.1, 0.15) is 11.9 Å². The second-order valence-electron chi connectivity index (χ2n) is 6.98. The number of rotatable bonds is 5. The van der Waals surface area contributed by atoms with E-state index in [1.807, 2.05) is 18.2 Å². The lowest BCUT2D eigenvalue weighted by atomic mass is 9.96. The molecular formula is C21H23NO5S2. The van der Waals surface area contributed by atoms with Crippen LogP contribution in [0.25, 0.3) is 0 Å². The summed E-state index contributed by atoms with van der Waals surface area (Å²) in [5.74, 6) is -0.575. The van der Waals surface area contributed by atoms with Gasteiger partial charge in [-0.15, -0.1) is 11.8 Å². The smallest absolute Gasteiger partial charge is 0.425 e. The van der Waals surface area contributed by atoms with Gasteiger partial charge < -0.3 is 10.1 Å². The van der Waals surface area contributed by atoms with Gasteiger partial charge in [0.25, 0.3) is 9.84 Å². The van der Waals surface area contributed by atoms with Crippen molar-refractivity contribution >= 4 is 32.8 Å². The Morgan fingerprint density at radius 2 is 1.72 bits per heavy atom. The molecule has 0 aliphatic carbocycles. The van der Waals surface area contributed by atoms with Gasteiger partial charge in [0, 0.05) is 23.6 Å². The highest BCUT2D eigenvalue weighted by Crippen LogP contribution is 2.48. The fraction of sp³-hybridized carbons (Fsp3) is 0.333. The predicted molar refractivity (Wildman–Crippen MR) is 112 cm³/mol. The van der Waals surface area contributed by atoms with Gasteiger partial charge in [-0.1, -0.05) is 55.5 Å². The van der Waals surface area contributed by atoms with Gasteiger partial charge >= 0.3 is 5.30 Å². The van der Waals surface area contributed by atoms with Crippen molar-refractivity contribution in [3.05, 3.63) is 65.7 Å². The van der Waals surface area contributed by atoms with Crippen molar-refractivity contribution in [3.8, 4) is 0 Å². The Morgan fingerprint density at radius 1 is 1.07 bits per heavy atom. The Hall–Kier alpha value is -2.32. The molecule has 0 saturated carbocycles. The first kappa shape index (κ1) is 21.4. The van der Waals surface area contributed by atoms with Crippen LogP contribution in [0, 0.1) is 5.92 Å². The summed E-state index contributed by atoms with van der Waals surface area (Å²) < 4.78 is 31.5. The average Bonchev–Trinajstić information content (AvgIpc) is 2.70. The first-order chi connectivity index (χ1) is 13.8. The fourth-order valence-corrected chi connectivity index (χ4v) is 6.65. The van der Waals surface area contributed by atoms with Crippen molar-refractivity contribution in [1.29, 1.82) is 0 Å². The molecule has 2 aromatic carbocycles. The summed E-state index contributed by atoms with van der Waals surface area (Å²) in [6.45, 7) is 3.43. The average molecular weight is 434 g/mol. The van der Waals surface area contributed by atoms with Gasteiger partial charge in [-0.05, 0) is 23.1 Å². The van der Waals surface area contributed by atoms with E-state index < -0.39 is 26.3 Å². The molecule has 1 N–H and O–H groups in total. The van der Waals surface area contributed by atoms with Gasteiger partial charge in [-0.25, -0.2) is 13.2 Å². The first-order valence-corrected chi connectivity index (χ1v) is 11.7. The Labute approximate surface area is 175 Å². The molecule has 0 saturated heterocycles. The predicted octanol–water partition coefficient (Wildman–Crippen LogP) is 3.73. The van der Waals surface area contributed by atoms with Crippen LogP contribution in [0.4, 0.5) is 4.79 Å². The molecule has 1 amide bonds. The maximum atomic E-state index is 13.2. The number of hydrogen-bond donors (Lipinski definition) is 1. The third-order valence-corrected chi connectivity index (χ3v) is 8.34. The Bertz CT molecular complexity index is 991. The highest BCUT2D eigenvalue weighted by molar-refractivity contribution is 8.06. The molecule has 1 heterocycles. The highest BCUT2D eigenvalue weighted by Gasteiger charge is 2.46. The van der Waals surface area contributed by atoms with Crippen molar-refractivity contribution in [2.45, 2.75) is 35.8 Å². The standard InChI is InChI=1S/C21H23NO5S2/c1-14-19(12-22-15(2)23)28-18-11-7-6-10-17(18)20(14)29(25,26)21(24)27-13-16-8-4-3-5-9-16/h3-11,14,19-20H,12-13H2,1-2H3,(H,22,23)/t14-,19+,20?/m1/s1. The fourth-order valence-electron chi connectivity index (χ4n) is 3.40. The number of benzene rings is 2. The Balaban J connectivity index is 1.86. The van der Waals surface area contributed by atoms with Crippen LogP contribution in [0.2, 0.25) is 0 Å². The summed E-state index contributed by atoms with van der Waals surface area (Å²) in [7, 11) is -4.25. The topological polar surface area (TPSA) is 89.5 Å². The summed E-state index contributed by atoms with van der Waals surface area (Å²) in [6, 6.07) is 16.1. The molecule has 6 nitrogen and oxygen atoms in total. The lowest BCUT2D eigenvalue weighted by molar-refractivity contribution is -0.118. The normalized spacial score (nSPS) is 21.1. The van der Waals surface area contributed by atoms with Crippen LogP contribution in [-0.2, 0) is 26.0 Å². The van der Waals surface area contributed by atoms with E-state index in [9.17, 15) is 18.0 Å². The number of ether oxygens (including phenoxy) is 1. The van der Waals surface area contributed by atoms with Crippen molar-refractivity contribution in [1.82, 2.24) is 5.32 Å². The third kappa shape index (κ3) is 4.82. The van der Waals surface area contributed by atoms with E-state index in [0.29, 0.717) is 17.7 Å². The summed E-state index contributed by atoms with van der Waals surface area (Å²) in [5.41, 5.74) is 1.31. The number of amides is 1. The van der Waals surface area contributed by atoms with Crippen LogP contribution in [0.15, 0.2) is 59.5 Å². The van der Waals surface area contributed by atoms with E-state index >= 15 is 0 Å². The van der Waals surface area contributed by atoms with Gasteiger partial charge in [0.05, 0.1) is 0 Å². The zero-order valence-electron chi connectivity index (χ0n) is 16.2. The number of hydrogen-bond acceptors (Lipinski definition) is 6. The number of nitrogens with one attached hydrogen (secondary N) is 1. The second kappa shape index (κ2) is 9.00. The summed E-state index contributed by atoms with van der Waals surface area (Å²) in [6.07, 6.45) is 0. The number of sulfone groups is 1. The maximum Gasteiger partial charge on any atom is 0.425 e. The molecule has 0 bridgehead atoms.